The molecule has 0 radical (unpaired) electrons. The number of carboxylic acid groups (broad SMARTS) is 1. The number of nitrogens with one attached hydrogen (secondary N) is 1. The van der Waals surface area contributed by atoms with Gasteiger partial charge in [0.15, 0.2) is 0 Å². The van der Waals surface area contributed by atoms with Crippen molar-refractivity contribution in [1.82, 2.24) is 10.2 Å². The summed E-state index contributed by atoms with van der Waals surface area (Å²) in [5.41, 5.74) is 5.64. The highest BCUT2D eigenvalue weighted by atomic mass is 16.4. The van der Waals surface area contributed by atoms with Crippen molar-refractivity contribution in [3.05, 3.63) is 35.9 Å². The Balaban J connectivity index is 3.06. The summed E-state index contributed by atoms with van der Waals surface area (Å²) in [5, 5.41) is 11.5. The Morgan fingerprint density at radius 3 is 2.29 bits per heavy atom. The van der Waals surface area contributed by atoms with Crippen LogP contribution in [0.2, 0.25) is 0 Å². The van der Waals surface area contributed by atoms with E-state index in [0.29, 0.717) is 5.56 Å². The number of amides is 3. The quantitative estimate of drug-likeness (QED) is 0.717. The van der Waals surface area contributed by atoms with Crippen LogP contribution in [0.3, 0.4) is 0 Å². The average molecular weight is 293 g/mol. The summed E-state index contributed by atoms with van der Waals surface area (Å²) in [6.45, 7) is 1.67. The van der Waals surface area contributed by atoms with Crippen LogP contribution in [0.5, 0.6) is 0 Å². The number of benzene rings is 1. The summed E-state index contributed by atoms with van der Waals surface area (Å²) < 4.78 is 0. The summed E-state index contributed by atoms with van der Waals surface area (Å²) >= 11 is 0. The van der Waals surface area contributed by atoms with Crippen LogP contribution in [-0.2, 0) is 9.59 Å². The number of carbonyl (C=O) groups excluding carboxylic acids is 2. The fraction of sp³-hybridized carbons (Fsp3) is 0.357. The highest BCUT2D eigenvalue weighted by Gasteiger charge is 2.31. The van der Waals surface area contributed by atoms with Gasteiger partial charge in [-0.2, -0.15) is 0 Å². The van der Waals surface area contributed by atoms with Crippen LogP contribution >= 0.6 is 0 Å². The summed E-state index contributed by atoms with van der Waals surface area (Å²) in [6, 6.07) is 5.70. The molecular formula is C14H19N3O4. The van der Waals surface area contributed by atoms with Crippen molar-refractivity contribution < 1.29 is 19.5 Å². The van der Waals surface area contributed by atoms with E-state index in [9.17, 15) is 14.4 Å². The molecular weight excluding hydrogens is 274 g/mol. The van der Waals surface area contributed by atoms with E-state index in [1.54, 1.807) is 37.3 Å². The van der Waals surface area contributed by atoms with E-state index in [1.165, 1.54) is 7.05 Å². The number of carbonyl (C=O) groups is 3. The molecule has 21 heavy (non-hydrogen) atoms. The van der Waals surface area contributed by atoms with E-state index < -0.39 is 30.0 Å². The molecule has 0 saturated carbocycles. The minimum atomic E-state index is -1.10. The summed E-state index contributed by atoms with van der Waals surface area (Å²) in [5.74, 6) is -1.63. The maximum atomic E-state index is 12.5. The number of nitrogens with zero attached hydrogens (tertiary/aromatic N) is 1. The molecule has 2 unspecified atom stereocenters. The van der Waals surface area contributed by atoms with Gasteiger partial charge in [0.1, 0.15) is 12.1 Å². The topological polar surface area (TPSA) is 113 Å². The highest BCUT2D eigenvalue weighted by molar-refractivity contribution is 5.90. The molecule has 1 aromatic rings. The number of hydrogen-bond donors (Lipinski definition) is 3. The largest absolute Gasteiger partial charge is 0.480 e. The number of likely N-dealkylation sites (N-methyl/N-ethyl adjacent to an activating group) is 1. The molecule has 7 heteroatoms. The molecule has 0 aliphatic carbocycles. The zero-order valence-electron chi connectivity index (χ0n) is 11.9. The maximum Gasteiger partial charge on any atom is 0.326 e. The van der Waals surface area contributed by atoms with Gasteiger partial charge in [-0.25, -0.2) is 9.59 Å². The lowest BCUT2D eigenvalue weighted by Gasteiger charge is -2.28. The van der Waals surface area contributed by atoms with Crippen LogP contribution in [-0.4, -0.2) is 41.0 Å². The van der Waals surface area contributed by atoms with E-state index in [-0.39, 0.29) is 6.42 Å². The first-order valence-corrected chi connectivity index (χ1v) is 6.48. The SMILES string of the molecule is CCC(C(=O)O)N(C)C(=O)C(NC(N)=O)c1ccccc1. The Morgan fingerprint density at radius 2 is 1.86 bits per heavy atom. The predicted octanol–water partition coefficient (Wildman–Crippen LogP) is 0.718. The Hall–Kier alpha value is -2.57. The zero-order valence-corrected chi connectivity index (χ0v) is 11.9. The van der Waals surface area contributed by atoms with Crippen LogP contribution < -0.4 is 11.1 Å². The first kappa shape index (κ1) is 16.5. The molecule has 1 aromatic carbocycles. The minimum absolute atomic E-state index is 0.260. The number of primary amides is 1. The molecule has 0 fully saturated rings. The molecule has 3 amide bonds. The maximum absolute atomic E-state index is 12.5. The Bertz CT molecular complexity index is 518. The number of urea groups is 1. The summed E-state index contributed by atoms with van der Waals surface area (Å²) in [6.07, 6.45) is 0.260. The molecule has 1 rings (SSSR count). The first-order valence-electron chi connectivity index (χ1n) is 6.48. The second kappa shape index (κ2) is 7.28. The van der Waals surface area contributed by atoms with Gasteiger partial charge in [-0.05, 0) is 12.0 Å². The van der Waals surface area contributed by atoms with Crippen LogP contribution in [0.25, 0.3) is 0 Å². The molecule has 0 aliphatic heterocycles. The average Bonchev–Trinajstić information content (AvgIpc) is 2.45. The van der Waals surface area contributed by atoms with Crippen molar-refractivity contribution in [2.45, 2.75) is 25.4 Å². The monoisotopic (exact) mass is 293 g/mol. The lowest BCUT2D eigenvalue weighted by Crippen LogP contribution is -2.48. The second-order valence-corrected chi connectivity index (χ2v) is 4.56. The molecule has 0 saturated heterocycles. The van der Waals surface area contributed by atoms with E-state index in [4.69, 9.17) is 10.8 Å². The van der Waals surface area contributed by atoms with Crippen molar-refractivity contribution in [2.24, 2.45) is 5.73 Å². The van der Waals surface area contributed by atoms with Crippen LogP contribution in [0.1, 0.15) is 24.9 Å². The molecule has 0 spiro atoms. The second-order valence-electron chi connectivity index (χ2n) is 4.56. The predicted molar refractivity (Wildman–Crippen MR) is 76.4 cm³/mol. The number of nitrogens with two attached hydrogens (primary N) is 1. The number of aliphatic carboxylic acids is 1. The van der Waals surface area contributed by atoms with Gasteiger partial charge in [0.05, 0.1) is 0 Å². The van der Waals surface area contributed by atoms with E-state index in [2.05, 4.69) is 5.32 Å². The van der Waals surface area contributed by atoms with Crippen LogP contribution in [0.4, 0.5) is 4.79 Å². The van der Waals surface area contributed by atoms with E-state index >= 15 is 0 Å². The van der Waals surface area contributed by atoms with Crippen molar-refractivity contribution in [3.63, 3.8) is 0 Å². The Morgan fingerprint density at radius 1 is 1.29 bits per heavy atom. The molecule has 7 nitrogen and oxygen atoms in total. The fourth-order valence-electron chi connectivity index (χ4n) is 2.05. The van der Waals surface area contributed by atoms with E-state index in [1.807, 2.05) is 0 Å². The van der Waals surface area contributed by atoms with E-state index in [0.717, 1.165) is 4.90 Å². The first-order chi connectivity index (χ1) is 9.88. The Labute approximate surface area is 122 Å². The van der Waals surface area contributed by atoms with Gasteiger partial charge in [0.2, 0.25) is 5.91 Å². The van der Waals surface area contributed by atoms with Gasteiger partial charge < -0.3 is 21.1 Å². The molecule has 2 atom stereocenters. The van der Waals surface area contributed by atoms with Crippen molar-refractivity contribution >= 4 is 17.9 Å². The zero-order chi connectivity index (χ0) is 16.0. The number of carboxylic acids is 1. The summed E-state index contributed by atoms with van der Waals surface area (Å²) in [7, 11) is 1.39. The normalized spacial score (nSPS) is 13.0. The van der Waals surface area contributed by atoms with Gasteiger partial charge in [-0.1, -0.05) is 37.3 Å². The highest BCUT2D eigenvalue weighted by Crippen LogP contribution is 2.17. The minimum Gasteiger partial charge on any atom is -0.480 e. The molecule has 0 heterocycles. The fourth-order valence-corrected chi connectivity index (χ4v) is 2.05. The van der Waals surface area contributed by atoms with Crippen LogP contribution in [0, 0.1) is 0 Å². The molecule has 0 bridgehead atoms. The van der Waals surface area contributed by atoms with Gasteiger partial charge in [0, 0.05) is 7.05 Å². The van der Waals surface area contributed by atoms with Crippen LogP contribution in [0.15, 0.2) is 30.3 Å². The third-order valence-electron chi connectivity index (χ3n) is 3.15. The molecule has 114 valence electrons. The van der Waals surface area contributed by atoms with Gasteiger partial charge in [-0.3, -0.25) is 4.79 Å². The third-order valence-corrected chi connectivity index (χ3v) is 3.15. The van der Waals surface area contributed by atoms with Crippen molar-refractivity contribution in [3.8, 4) is 0 Å². The third kappa shape index (κ3) is 4.20. The lowest BCUT2D eigenvalue weighted by molar-refractivity contribution is -0.149. The Kier molecular flexibility index (Phi) is 5.71. The lowest BCUT2D eigenvalue weighted by atomic mass is 10.0. The molecule has 4 N–H and O–H groups in total. The number of rotatable bonds is 6. The molecule has 0 aliphatic rings. The van der Waals surface area contributed by atoms with Crippen molar-refractivity contribution in [1.29, 1.82) is 0 Å². The number of hydrogen-bond acceptors (Lipinski definition) is 3. The standard InChI is InChI=1S/C14H19N3O4/c1-3-10(13(19)20)17(2)12(18)11(16-14(15)21)9-7-5-4-6-8-9/h4-8,10-11H,3H2,1-2H3,(H,19,20)(H3,15,16,21). The van der Waals surface area contributed by atoms with Gasteiger partial charge in [0.25, 0.3) is 0 Å². The van der Waals surface area contributed by atoms with Gasteiger partial charge in [-0.15, -0.1) is 0 Å². The molecule has 0 aromatic heterocycles. The van der Waals surface area contributed by atoms with Gasteiger partial charge >= 0.3 is 12.0 Å². The summed E-state index contributed by atoms with van der Waals surface area (Å²) in [4.78, 5) is 35.8. The van der Waals surface area contributed by atoms with Crippen molar-refractivity contribution in [2.75, 3.05) is 7.05 Å². The smallest absolute Gasteiger partial charge is 0.326 e.